The number of methoxy groups -OCH3 is 1. The molecule has 6 heteroatoms. The molecule has 90 valence electrons. The third kappa shape index (κ3) is 2.07. The smallest absolute Gasteiger partial charge is 0.268 e. The zero-order valence-electron chi connectivity index (χ0n) is 9.52. The van der Waals surface area contributed by atoms with Crippen molar-refractivity contribution in [1.29, 1.82) is 5.26 Å². The number of ether oxygens (including phenoxy) is 2. The molecule has 1 fully saturated rings. The Hall–Kier alpha value is -1.71. The second-order valence-corrected chi connectivity index (χ2v) is 3.90. The first-order valence-corrected chi connectivity index (χ1v) is 5.35. The minimum atomic E-state index is -0.606. The van der Waals surface area contributed by atoms with Crippen LogP contribution in [-0.4, -0.2) is 30.3 Å². The number of nitriles is 1. The van der Waals surface area contributed by atoms with Crippen LogP contribution >= 0.6 is 0 Å². The molecule has 0 aromatic carbocycles. The van der Waals surface area contributed by atoms with Gasteiger partial charge >= 0.3 is 0 Å². The van der Waals surface area contributed by atoms with Crippen LogP contribution in [0.3, 0.4) is 0 Å². The Balaban J connectivity index is 2.41. The van der Waals surface area contributed by atoms with E-state index < -0.39 is 11.2 Å². The predicted octanol–water partition coefficient (Wildman–Crippen LogP) is 0.294. The van der Waals surface area contributed by atoms with Crippen molar-refractivity contribution in [2.24, 2.45) is 0 Å². The predicted molar refractivity (Wildman–Crippen MR) is 58.3 cm³/mol. The van der Waals surface area contributed by atoms with Gasteiger partial charge in [0.1, 0.15) is 23.1 Å². The van der Waals surface area contributed by atoms with Crippen LogP contribution in [0.25, 0.3) is 0 Å². The molecule has 0 bridgehead atoms. The maximum absolute atomic E-state index is 11.6. The molecule has 1 saturated heterocycles. The average Bonchev–Trinajstić information content (AvgIpc) is 2.39. The lowest BCUT2D eigenvalue weighted by atomic mass is 9.93. The summed E-state index contributed by atoms with van der Waals surface area (Å²) >= 11 is 0. The van der Waals surface area contributed by atoms with E-state index in [-0.39, 0.29) is 5.56 Å². The maximum atomic E-state index is 11.6. The highest BCUT2D eigenvalue weighted by molar-refractivity contribution is 5.23. The molecule has 1 aromatic heterocycles. The van der Waals surface area contributed by atoms with Crippen LogP contribution in [-0.2, 0) is 15.1 Å². The van der Waals surface area contributed by atoms with Gasteiger partial charge < -0.3 is 14.5 Å². The van der Waals surface area contributed by atoms with Gasteiger partial charge in [-0.05, 0) is 0 Å². The number of hydrogen-bond donors (Lipinski definition) is 1. The Morgan fingerprint density at radius 3 is 2.82 bits per heavy atom. The highest BCUT2D eigenvalue weighted by Crippen LogP contribution is 2.32. The van der Waals surface area contributed by atoms with Gasteiger partial charge in [-0.2, -0.15) is 5.26 Å². The van der Waals surface area contributed by atoms with E-state index in [1.807, 2.05) is 0 Å². The van der Waals surface area contributed by atoms with Gasteiger partial charge in [-0.25, -0.2) is 4.98 Å². The number of rotatable bonds is 2. The monoisotopic (exact) mass is 235 g/mol. The Bertz CT molecular complexity index is 497. The normalized spacial score (nSPS) is 18.6. The highest BCUT2D eigenvalue weighted by Gasteiger charge is 2.37. The van der Waals surface area contributed by atoms with Crippen molar-refractivity contribution < 1.29 is 9.47 Å². The molecule has 2 heterocycles. The van der Waals surface area contributed by atoms with E-state index in [0.717, 1.165) is 0 Å². The van der Waals surface area contributed by atoms with Crippen molar-refractivity contribution in [3.05, 3.63) is 27.9 Å². The first-order valence-electron chi connectivity index (χ1n) is 5.35. The fraction of sp³-hybridized carbons (Fsp3) is 0.545. The van der Waals surface area contributed by atoms with Crippen LogP contribution in [0.1, 0.15) is 24.2 Å². The maximum Gasteiger partial charge on any atom is 0.268 e. The molecule has 2 rings (SSSR count). The Kier molecular flexibility index (Phi) is 3.22. The second-order valence-electron chi connectivity index (χ2n) is 3.90. The third-order valence-corrected chi connectivity index (χ3v) is 3.04. The van der Waals surface area contributed by atoms with Crippen molar-refractivity contribution in [3.8, 4) is 6.07 Å². The molecule has 0 radical (unpaired) electrons. The zero-order valence-corrected chi connectivity index (χ0v) is 9.52. The van der Waals surface area contributed by atoms with E-state index in [2.05, 4.69) is 9.97 Å². The summed E-state index contributed by atoms with van der Waals surface area (Å²) in [6.07, 6.45) is 2.56. The summed E-state index contributed by atoms with van der Waals surface area (Å²) in [7, 11) is 1.59. The number of H-pyrrole nitrogens is 1. The van der Waals surface area contributed by atoms with Crippen molar-refractivity contribution in [2.45, 2.75) is 18.4 Å². The summed E-state index contributed by atoms with van der Waals surface area (Å²) in [6, 6.07) is 1.78. The standard InChI is InChI=1S/C11H13N3O3/c1-16-11(2-4-17-5-3-11)10-13-7-8(6-12)9(15)14-10/h7H,2-5H2,1H3,(H,13,14,15). The molecule has 0 atom stereocenters. The van der Waals surface area contributed by atoms with Crippen molar-refractivity contribution in [3.63, 3.8) is 0 Å². The van der Waals surface area contributed by atoms with Gasteiger partial charge in [0.25, 0.3) is 5.56 Å². The highest BCUT2D eigenvalue weighted by atomic mass is 16.5. The van der Waals surface area contributed by atoms with Crippen LogP contribution in [0.5, 0.6) is 0 Å². The van der Waals surface area contributed by atoms with Crippen LogP contribution in [0.15, 0.2) is 11.0 Å². The molecular formula is C11H13N3O3. The number of aromatic nitrogens is 2. The molecule has 0 aliphatic carbocycles. The van der Waals surface area contributed by atoms with Crippen molar-refractivity contribution in [1.82, 2.24) is 9.97 Å². The van der Waals surface area contributed by atoms with Crippen molar-refractivity contribution in [2.75, 3.05) is 20.3 Å². The molecule has 0 saturated carbocycles. The summed E-state index contributed by atoms with van der Waals surface area (Å²) in [5.74, 6) is 0.465. The summed E-state index contributed by atoms with van der Waals surface area (Å²) in [4.78, 5) is 18.3. The van der Waals surface area contributed by atoms with E-state index in [1.165, 1.54) is 6.20 Å². The molecule has 1 N–H and O–H groups in total. The quantitative estimate of drug-likeness (QED) is 0.796. The topological polar surface area (TPSA) is 88.0 Å². The van der Waals surface area contributed by atoms with Crippen LogP contribution in [0, 0.1) is 11.3 Å². The number of hydrogen-bond acceptors (Lipinski definition) is 5. The van der Waals surface area contributed by atoms with E-state index in [9.17, 15) is 4.79 Å². The van der Waals surface area contributed by atoms with E-state index in [1.54, 1.807) is 13.2 Å². The summed E-state index contributed by atoms with van der Waals surface area (Å²) in [5.41, 5.74) is -1.03. The molecule has 17 heavy (non-hydrogen) atoms. The van der Waals surface area contributed by atoms with E-state index in [0.29, 0.717) is 31.9 Å². The SMILES string of the molecule is COC1(c2ncc(C#N)c(=O)[nH]2)CCOCC1. The Morgan fingerprint density at radius 2 is 2.29 bits per heavy atom. The summed E-state index contributed by atoms with van der Waals surface area (Å²) in [5, 5.41) is 8.68. The van der Waals surface area contributed by atoms with Gasteiger partial charge in [0.15, 0.2) is 0 Å². The first kappa shape index (κ1) is 11.8. The van der Waals surface area contributed by atoms with Crippen LogP contribution < -0.4 is 5.56 Å². The van der Waals surface area contributed by atoms with Gasteiger partial charge in [0, 0.05) is 33.2 Å². The molecule has 1 aliphatic rings. The molecular weight excluding hydrogens is 222 g/mol. The fourth-order valence-electron chi connectivity index (χ4n) is 1.94. The number of aromatic amines is 1. The largest absolute Gasteiger partial charge is 0.381 e. The number of nitrogens with one attached hydrogen (secondary N) is 1. The lowest BCUT2D eigenvalue weighted by Gasteiger charge is -2.34. The fourth-order valence-corrected chi connectivity index (χ4v) is 1.94. The minimum Gasteiger partial charge on any atom is -0.381 e. The van der Waals surface area contributed by atoms with E-state index >= 15 is 0 Å². The van der Waals surface area contributed by atoms with Gasteiger partial charge in [0.05, 0.1) is 6.20 Å². The van der Waals surface area contributed by atoms with Crippen LogP contribution in [0.2, 0.25) is 0 Å². The minimum absolute atomic E-state index is 0.00654. The van der Waals surface area contributed by atoms with Gasteiger partial charge in [-0.3, -0.25) is 4.79 Å². The molecule has 0 spiro atoms. The molecule has 0 unspecified atom stereocenters. The third-order valence-electron chi connectivity index (χ3n) is 3.04. The summed E-state index contributed by atoms with van der Waals surface area (Å²) < 4.78 is 10.8. The molecule has 1 aliphatic heterocycles. The van der Waals surface area contributed by atoms with Gasteiger partial charge in [-0.1, -0.05) is 0 Å². The first-order chi connectivity index (χ1) is 8.22. The van der Waals surface area contributed by atoms with Gasteiger partial charge in [0.2, 0.25) is 0 Å². The Morgan fingerprint density at radius 1 is 1.59 bits per heavy atom. The van der Waals surface area contributed by atoms with Crippen LogP contribution in [0.4, 0.5) is 0 Å². The van der Waals surface area contributed by atoms with E-state index in [4.69, 9.17) is 14.7 Å². The lowest BCUT2D eigenvalue weighted by Crippen LogP contribution is -2.38. The zero-order chi connectivity index (χ0) is 12.3. The molecule has 1 aromatic rings. The molecule has 6 nitrogen and oxygen atoms in total. The number of nitrogens with zero attached hydrogens (tertiary/aromatic N) is 2. The van der Waals surface area contributed by atoms with Crippen molar-refractivity contribution >= 4 is 0 Å². The Labute approximate surface area is 98.2 Å². The summed E-state index contributed by atoms with van der Waals surface area (Å²) in [6.45, 7) is 1.13. The second kappa shape index (κ2) is 4.65. The average molecular weight is 235 g/mol. The van der Waals surface area contributed by atoms with Gasteiger partial charge in [-0.15, -0.1) is 0 Å². The molecule has 0 amide bonds. The lowest BCUT2D eigenvalue weighted by molar-refractivity contribution is -0.100.